The number of nitrogens with one attached hydrogen (secondary N) is 4. The fraction of sp³-hybridized carbons (Fsp3) is 0.500. The van der Waals surface area contributed by atoms with Gasteiger partial charge in [0.1, 0.15) is 12.1 Å². The zero-order chi connectivity index (χ0) is 26.3. The van der Waals surface area contributed by atoms with Gasteiger partial charge in [0.15, 0.2) is 6.04 Å². The fourth-order valence-corrected chi connectivity index (χ4v) is 3.62. The highest BCUT2D eigenvalue weighted by Crippen LogP contribution is 2.19. The van der Waals surface area contributed by atoms with E-state index < -0.39 is 54.0 Å². The van der Waals surface area contributed by atoms with Crippen molar-refractivity contribution in [1.29, 1.82) is 0 Å². The first-order valence-corrected chi connectivity index (χ1v) is 11.6. The first-order chi connectivity index (χ1) is 16.5. The van der Waals surface area contributed by atoms with Gasteiger partial charge in [0.05, 0.1) is 12.1 Å². The zero-order valence-electron chi connectivity index (χ0n) is 20.4. The molecule has 2 rings (SSSR count). The van der Waals surface area contributed by atoms with Gasteiger partial charge in [0.25, 0.3) is 0 Å². The Bertz CT molecular complexity index is 1050. The van der Waals surface area contributed by atoms with Crippen LogP contribution in [0.5, 0.6) is 0 Å². The van der Waals surface area contributed by atoms with Crippen LogP contribution in [0.1, 0.15) is 39.7 Å². The SMILES string of the molecule is CCC(C)C(NC(=O)C(Cc1c[nH]c2ccccc12)NC(=O)C(C)N)C(=O)NC(C(=O)O)C(C)O. The van der Waals surface area contributed by atoms with Crippen molar-refractivity contribution in [3.63, 3.8) is 0 Å². The molecule has 8 N–H and O–H groups in total. The van der Waals surface area contributed by atoms with E-state index in [0.717, 1.165) is 16.5 Å². The van der Waals surface area contributed by atoms with E-state index in [1.807, 2.05) is 31.2 Å². The number of aliphatic carboxylic acids is 1. The van der Waals surface area contributed by atoms with Gasteiger partial charge in [-0.15, -0.1) is 0 Å². The first-order valence-electron chi connectivity index (χ1n) is 11.6. The van der Waals surface area contributed by atoms with Crippen molar-refractivity contribution in [2.45, 2.75) is 70.8 Å². The molecule has 1 aromatic heterocycles. The van der Waals surface area contributed by atoms with Crippen LogP contribution in [0.15, 0.2) is 30.5 Å². The lowest BCUT2D eigenvalue weighted by atomic mass is 9.96. The number of amides is 3. The Morgan fingerprint density at radius 1 is 0.971 bits per heavy atom. The van der Waals surface area contributed by atoms with Crippen molar-refractivity contribution in [3.05, 3.63) is 36.0 Å². The Hall–Kier alpha value is -3.44. The minimum Gasteiger partial charge on any atom is -0.480 e. The molecular formula is C24H35N5O6. The largest absolute Gasteiger partial charge is 0.480 e. The predicted octanol–water partition coefficient (Wildman–Crippen LogP) is 0.0235. The number of carboxylic acid groups (broad SMARTS) is 1. The number of aromatic amines is 1. The molecule has 0 aliphatic carbocycles. The Balaban J connectivity index is 2.30. The van der Waals surface area contributed by atoms with Crippen LogP contribution in [0.2, 0.25) is 0 Å². The monoisotopic (exact) mass is 489 g/mol. The van der Waals surface area contributed by atoms with Crippen LogP contribution in [0.4, 0.5) is 0 Å². The summed E-state index contributed by atoms with van der Waals surface area (Å²) < 4.78 is 0. The first kappa shape index (κ1) is 27.8. The number of nitrogens with two attached hydrogens (primary N) is 1. The lowest BCUT2D eigenvalue weighted by Crippen LogP contribution is -2.60. The molecule has 0 aliphatic heterocycles. The molecule has 0 bridgehead atoms. The highest BCUT2D eigenvalue weighted by atomic mass is 16.4. The van der Waals surface area contributed by atoms with E-state index in [1.54, 1.807) is 13.1 Å². The van der Waals surface area contributed by atoms with Gasteiger partial charge in [-0.3, -0.25) is 14.4 Å². The molecule has 0 fully saturated rings. The van der Waals surface area contributed by atoms with Crippen LogP contribution in [0.25, 0.3) is 10.9 Å². The Morgan fingerprint density at radius 2 is 1.60 bits per heavy atom. The van der Waals surface area contributed by atoms with Crippen LogP contribution in [0.3, 0.4) is 0 Å². The lowest BCUT2D eigenvalue weighted by Gasteiger charge is -2.28. The van der Waals surface area contributed by atoms with Crippen molar-refractivity contribution < 1.29 is 29.4 Å². The number of aliphatic hydroxyl groups is 1. The average Bonchev–Trinajstić information content (AvgIpc) is 3.21. The van der Waals surface area contributed by atoms with E-state index in [0.29, 0.717) is 6.42 Å². The second kappa shape index (κ2) is 12.3. The van der Waals surface area contributed by atoms with Crippen LogP contribution in [-0.4, -0.2) is 69.2 Å². The molecule has 0 radical (unpaired) electrons. The molecule has 192 valence electrons. The summed E-state index contributed by atoms with van der Waals surface area (Å²) >= 11 is 0. The number of carbonyl (C=O) groups excluding carboxylic acids is 3. The number of aliphatic hydroxyl groups excluding tert-OH is 1. The highest BCUT2D eigenvalue weighted by Gasteiger charge is 2.34. The summed E-state index contributed by atoms with van der Waals surface area (Å²) in [4.78, 5) is 53.2. The van der Waals surface area contributed by atoms with E-state index in [9.17, 15) is 29.4 Å². The van der Waals surface area contributed by atoms with Gasteiger partial charge >= 0.3 is 5.97 Å². The Morgan fingerprint density at radius 3 is 2.17 bits per heavy atom. The summed E-state index contributed by atoms with van der Waals surface area (Å²) in [7, 11) is 0. The number of fused-ring (bicyclic) bond motifs is 1. The van der Waals surface area contributed by atoms with Crippen molar-refractivity contribution >= 4 is 34.6 Å². The van der Waals surface area contributed by atoms with E-state index in [2.05, 4.69) is 20.9 Å². The number of rotatable bonds is 12. The lowest BCUT2D eigenvalue weighted by molar-refractivity contribution is -0.145. The quantitative estimate of drug-likeness (QED) is 0.219. The zero-order valence-corrected chi connectivity index (χ0v) is 20.4. The molecule has 2 aromatic rings. The van der Waals surface area contributed by atoms with E-state index in [-0.39, 0.29) is 12.3 Å². The number of H-pyrrole nitrogens is 1. The minimum atomic E-state index is -1.54. The number of carbonyl (C=O) groups is 4. The second-order valence-electron chi connectivity index (χ2n) is 8.85. The third-order valence-corrected chi connectivity index (χ3v) is 5.98. The third kappa shape index (κ3) is 7.27. The minimum absolute atomic E-state index is 0.134. The topological polar surface area (TPSA) is 187 Å². The maximum absolute atomic E-state index is 13.3. The summed E-state index contributed by atoms with van der Waals surface area (Å²) in [6, 6.07) is 2.98. The van der Waals surface area contributed by atoms with E-state index >= 15 is 0 Å². The van der Waals surface area contributed by atoms with Crippen molar-refractivity contribution in [2.75, 3.05) is 0 Å². The normalized spacial score (nSPS) is 16.4. The molecule has 0 spiro atoms. The molecule has 11 nitrogen and oxygen atoms in total. The number of hydrogen-bond donors (Lipinski definition) is 7. The van der Waals surface area contributed by atoms with Crippen LogP contribution in [0, 0.1) is 5.92 Å². The summed E-state index contributed by atoms with van der Waals surface area (Å²) in [5.74, 6) is -3.65. The number of benzene rings is 1. The molecule has 0 aliphatic rings. The Labute approximate surface area is 203 Å². The van der Waals surface area contributed by atoms with Crippen LogP contribution >= 0.6 is 0 Å². The standard InChI is InChI=1S/C24H35N5O6/c1-5-12(2)19(23(33)29-20(14(4)30)24(34)35)28-22(32)18(27-21(31)13(3)25)10-15-11-26-17-9-7-6-8-16(15)17/h6-9,11-14,18-20,26,30H,5,10,25H2,1-4H3,(H,27,31)(H,28,32)(H,29,33)(H,34,35). The summed E-state index contributed by atoms with van der Waals surface area (Å²) in [5.41, 5.74) is 7.34. The summed E-state index contributed by atoms with van der Waals surface area (Å²) in [5, 5.41) is 27.5. The summed E-state index contributed by atoms with van der Waals surface area (Å²) in [6.07, 6.45) is 1.05. The number of para-hydroxylation sites is 1. The average molecular weight is 490 g/mol. The second-order valence-corrected chi connectivity index (χ2v) is 8.85. The smallest absolute Gasteiger partial charge is 0.328 e. The number of hydrogen-bond acceptors (Lipinski definition) is 6. The predicted molar refractivity (Wildman–Crippen MR) is 130 cm³/mol. The highest BCUT2D eigenvalue weighted by molar-refractivity contribution is 5.95. The molecule has 35 heavy (non-hydrogen) atoms. The molecule has 1 heterocycles. The maximum Gasteiger partial charge on any atom is 0.328 e. The van der Waals surface area contributed by atoms with Gasteiger partial charge in [-0.1, -0.05) is 38.5 Å². The molecule has 6 atom stereocenters. The van der Waals surface area contributed by atoms with Gasteiger partial charge < -0.3 is 36.9 Å². The third-order valence-electron chi connectivity index (χ3n) is 5.98. The molecule has 6 unspecified atom stereocenters. The Kier molecular flexibility index (Phi) is 9.78. The van der Waals surface area contributed by atoms with Gasteiger partial charge in [-0.05, 0) is 31.4 Å². The van der Waals surface area contributed by atoms with Gasteiger partial charge in [0.2, 0.25) is 17.7 Å². The van der Waals surface area contributed by atoms with Crippen LogP contribution < -0.4 is 21.7 Å². The van der Waals surface area contributed by atoms with Gasteiger partial charge in [0, 0.05) is 23.5 Å². The van der Waals surface area contributed by atoms with Crippen LogP contribution in [-0.2, 0) is 25.6 Å². The molecule has 11 heteroatoms. The van der Waals surface area contributed by atoms with Gasteiger partial charge in [-0.2, -0.15) is 0 Å². The maximum atomic E-state index is 13.3. The molecule has 1 aromatic carbocycles. The van der Waals surface area contributed by atoms with E-state index in [1.165, 1.54) is 13.8 Å². The number of aromatic nitrogens is 1. The van der Waals surface area contributed by atoms with Crippen molar-refractivity contribution in [3.8, 4) is 0 Å². The number of carboxylic acids is 1. The van der Waals surface area contributed by atoms with Gasteiger partial charge in [-0.25, -0.2) is 4.79 Å². The molecule has 0 saturated heterocycles. The van der Waals surface area contributed by atoms with E-state index in [4.69, 9.17) is 5.73 Å². The molecular weight excluding hydrogens is 454 g/mol. The molecule has 0 saturated carbocycles. The molecule has 3 amide bonds. The van der Waals surface area contributed by atoms with Crippen molar-refractivity contribution in [1.82, 2.24) is 20.9 Å². The fourth-order valence-electron chi connectivity index (χ4n) is 3.62. The van der Waals surface area contributed by atoms with Crippen molar-refractivity contribution in [2.24, 2.45) is 11.7 Å². The summed E-state index contributed by atoms with van der Waals surface area (Å²) in [6.45, 7) is 6.30.